The molecule has 0 aliphatic rings. The van der Waals surface area contributed by atoms with Crippen LogP contribution in [0.4, 0.5) is 8.78 Å². The third-order valence-electron chi connectivity index (χ3n) is 1.62. The minimum absolute atomic E-state index is 0.160. The van der Waals surface area contributed by atoms with Gasteiger partial charge in [0.2, 0.25) is 0 Å². The molecule has 0 saturated heterocycles. The number of alkyl halides is 2. The van der Waals surface area contributed by atoms with Gasteiger partial charge >= 0.3 is 0 Å². The Morgan fingerprint density at radius 1 is 1.58 bits per heavy atom. The number of halogens is 2. The van der Waals surface area contributed by atoms with Crippen LogP contribution < -0.4 is 5.73 Å². The molecule has 0 amide bonds. The Kier molecular flexibility index (Phi) is 2.70. The summed E-state index contributed by atoms with van der Waals surface area (Å²) in [5.41, 5.74) is 6.43. The standard InChI is InChI=1S/C8H10F2N2/c1-5-2-6(3-11)4-12-7(5)8(9)10/h2,4,8H,3,11H2,1H3. The van der Waals surface area contributed by atoms with Gasteiger partial charge in [-0.1, -0.05) is 6.07 Å². The summed E-state index contributed by atoms with van der Waals surface area (Å²) in [4.78, 5) is 3.62. The number of hydrogen-bond acceptors (Lipinski definition) is 2. The van der Waals surface area contributed by atoms with E-state index >= 15 is 0 Å². The van der Waals surface area contributed by atoms with E-state index < -0.39 is 6.43 Å². The highest BCUT2D eigenvalue weighted by Crippen LogP contribution is 2.20. The third-order valence-corrected chi connectivity index (χ3v) is 1.62. The Labute approximate surface area is 69.4 Å². The number of nitrogens with two attached hydrogens (primary N) is 1. The summed E-state index contributed by atoms with van der Waals surface area (Å²) in [6.45, 7) is 1.94. The molecule has 2 nitrogen and oxygen atoms in total. The molecular weight excluding hydrogens is 162 g/mol. The van der Waals surface area contributed by atoms with E-state index in [1.165, 1.54) is 6.20 Å². The van der Waals surface area contributed by atoms with Crippen LogP contribution in [0.5, 0.6) is 0 Å². The third kappa shape index (κ3) is 1.76. The lowest BCUT2D eigenvalue weighted by atomic mass is 10.1. The molecule has 0 unspecified atom stereocenters. The molecule has 0 radical (unpaired) electrons. The van der Waals surface area contributed by atoms with Crippen molar-refractivity contribution in [2.24, 2.45) is 5.73 Å². The van der Waals surface area contributed by atoms with Gasteiger partial charge in [0.1, 0.15) is 5.69 Å². The van der Waals surface area contributed by atoms with Crippen molar-refractivity contribution in [2.75, 3.05) is 0 Å². The molecule has 1 aromatic heterocycles. The zero-order valence-electron chi connectivity index (χ0n) is 6.72. The predicted molar refractivity (Wildman–Crippen MR) is 41.8 cm³/mol. The summed E-state index contributed by atoms with van der Waals surface area (Å²) in [5, 5.41) is 0. The lowest BCUT2D eigenvalue weighted by molar-refractivity contribution is 0.145. The van der Waals surface area contributed by atoms with Crippen LogP contribution in [0.2, 0.25) is 0 Å². The molecule has 12 heavy (non-hydrogen) atoms. The molecule has 0 saturated carbocycles. The minimum Gasteiger partial charge on any atom is -0.326 e. The Hall–Kier alpha value is -1.03. The maximum Gasteiger partial charge on any atom is 0.280 e. The van der Waals surface area contributed by atoms with Crippen molar-refractivity contribution >= 4 is 0 Å². The van der Waals surface area contributed by atoms with E-state index in [0.29, 0.717) is 12.1 Å². The first-order valence-electron chi connectivity index (χ1n) is 3.58. The zero-order chi connectivity index (χ0) is 9.14. The van der Waals surface area contributed by atoms with Gasteiger partial charge in [-0.05, 0) is 18.1 Å². The van der Waals surface area contributed by atoms with Gasteiger partial charge in [0.15, 0.2) is 0 Å². The van der Waals surface area contributed by atoms with Gasteiger partial charge in [0, 0.05) is 12.7 Å². The molecule has 66 valence electrons. The zero-order valence-corrected chi connectivity index (χ0v) is 6.72. The molecule has 1 heterocycles. The van der Waals surface area contributed by atoms with Gasteiger partial charge in [-0.15, -0.1) is 0 Å². The van der Waals surface area contributed by atoms with Crippen LogP contribution in [-0.2, 0) is 6.54 Å². The second-order valence-electron chi connectivity index (χ2n) is 2.55. The normalized spacial score (nSPS) is 10.8. The largest absolute Gasteiger partial charge is 0.326 e. The fraction of sp³-hybridized carbons (Fsp3) is 0.375. The van der Waals surface area contributed by atoms with E-state index in [1.807, 2.05) is 0 Å². The maximum absolute atomic E-state index is 12.2. The van der Waals surface area contributed by atoms with Crippen molar-refractivity contribution in [3.05, 3.63) is 29.1 Å². The highest BCUT2D eigenvalue weighted by molar-refractivity contribution is 5.24. The predicted octanol–water partition coefficient (Wildman–Crippen LogP) is 1.79. The average Bonchev–Trinajstić information content (AvgIpc) is 2.03. The van der Waals surface area contributed by atoms with Gasteiger partial charge in [-0.3, -0.25) is 4.98 Å². The molecule has 4 heteroatoms. The Morgan fingerprint density at radius 3 is 2.67 bits per heavy atom. The fourth-order valence-corrected chi connectivity index (χ4v) is 0.984. The number of pyridine rings is 1. The molecule has 0 spiro atoms. The number of aryl methyl sites for hydroxylation is 1. The van der Waals surface area contributed by atoms with Crippen molar-refractivity contribution < 1.29 is 8.78 Å². The van der Waals surface area contributed by atoms with Crippen LogP contribution >= 0.6 is 0 Å². The summed E-state index contributed by atoms with van der Waals surface area (Å²) in [5.74, 6) is 0. The second-order valence-corrected chi connectivity index (χ2v) is 2.55. The van der Waals surface area contributed by atoms with Crippen molar-refractivity contribution in [3.63, 3.8) is 0 Å². The van der Waals surface area contributed by atoms with Gasteiger partial charge < -0.3 is 5.73 Å². The average molecular weight is 172 g/mol. The van der Waals surface area contributed by atoms with Gasteiger partial charge in [-0.2, -0.15) is 0 Å². The highest BCUT2D eigenvalue weighted by Gasteiger charge is 2.11. The summed E-state index contributed by atoms with van der Waals surface area (Å²) in [6.07, 6.45) is -1.12. The molecule has 0 atom stereocenters. The van der Waals surface area contributed by atoms with Crippen molar-refractivity contribution in [1.82, 2.24) is 4.98 Å². The Bertz CT molecular complexity index is 274. The van der Waals surface area contributed by atoms with E-state index in [2.05, 4.69) is 4.98 Å². The summed E-state index contributed by atoms with van der Waals surface area (Å²) in [7, 11) is 0. The number of nitrogens with zero attached hydrogens (tertiary/aromatic N) is 1. The van der Waals surface area contributed by atoms with Crippen LogP contribution in [0.1, 0.15) is 23.2 Å². The van der Waals surface area contributed by atoms with E-state index in [0.717, 1.165) is 5.56 Å². The Morgan fingerprint density at radius 2 is 2.25 bits per heavy atom. The van der Waals surface area contributed by atoms with Crippen molar-refractivity contribution in [2.45, 2.75) is 19.9 Å². The van der Waals surface area contributed by atoms with Crippen LogP contribution in [0.3, 0.4) is 0 Å². The molecule has 0 fully saturated rings. The minimum atomic E-state index is -2.50. The first-order valence-corrected chi connectivity index (χ1v) is 3.58. The first-order chi connectivity index (χ1) is 5.65. The molecule has 1 rings (SSSR count). The van der Waals surface area contributed by atoms with Crippen molar-refractivity contribution in [3.8, 4) is 0 Å². The van der Waals surface area contributed by atoms with E-state index in [-0.39, 0.29) is 5.69 Å². The summed E-state index contributed by atoms with van der Waals surface area (Å²) >= 11 is 0. The van der Waals surface area contributed by atoms with Gasteiger partial charge in [0.05, 0.1) is 0 Å². The topological polar surface area (TPSA) is 38.9 Å². The Balaban J connectivity index is 3.03. The quantitative estimate of drug-likeness (QED) is 0.738. The van der Waals surface area contributed by atoms with Crippen LogP contribution in [0.25, 0.3) is 0 Å². The smallest absolute Gasteiger partial charge is 0.280 e. The fourth-order valence-electron chi connectivity index (χ4n) is 0.984. The van der Waals surface area contributed by atoms with E-state index in [9.17, 15) is 8.78 Å². The molecular formula is C8H10F2N2. The van der Waals surface area contributed by atoms with Gasteiger partial charge in [-0.25, -0.2) is 8.78 Å². The summed E-state index contributed by atoms with van der Waals surface area (Å²) < 4.78 is 24.3. The molecule has 2 N–H and O–H groups in total. The maximum atomic E-state index is 12.2. The second kappa shape index (κ2) is 3.58. The lowest BCUT2D eigenvalue weighted by Gasteiger charge is -2.04. The molecule has 0 bridgehead atoms. The van der Waals surface area contributed by atoms with E-state index in [4.69, 9.17) is 5.73 Å². The SMILES string of the molecule is Cc1cc(CN)cnc1C(F)F. The first kappa shape index (κ1) is 9.06. The van der Waals surface area contributed by atoms with Crippen LogP contribution in [0, 0.1) is 6.92 Å². The lowest BCUT2D eigenvalue weighted by Crippen LogP contribution is -2.01. The van der Waals surface area contributed by atoms with Crippen LogP contribution in [-0.4, -0.2) is 4.98 Å². The monoisotopic (exact) mass is 172 g/mol. The van der Waals surface area contributed by atoms with Crippen LogP contribution in [0.15, 0.2) is 12.3 Å². The molecule has 0 aliphatic heterocycles. The van der Waals surface area contributed by atoms with E-state index in [1.54, 1.807) is 13.0 Å². The number of hydrogen-bond donors (Lipinski definition) is 1. The number of aromatic nitrogens is 1. The molecule has 1 aromatic rings. The highest BCUT2D eigenvalue weighted by atomic mass is 19.3. The summed E-state index contributed by atoms with van der Waals surface area (Å²) in [6, 6.07) is 1.63. The van der Waals surface area contributed by atoms with Gasteiger partial charge in [0.25, 0.3) is 6.43 Å². The number of rotatable bonds is 2. The van der Waals surface area contributed by atoms with Crippen molar-refractivity contribution in [1.29, 1.82) is 0 Å². The molecule has 0 aliphatic carbocycles. The molecule has 0 aromatic carbocycles.